The molecule has 0 bridgehead atoms. The Labute approximate surface area is 97.1 Å². The highest BCUT2D eigenvalue weighted by atomic mass is 16.2. The maximum absolute atomic E-state index is 11.6. The van der Waals surface area contributed by atoms with Crippen LogP contribution in [0.25, 0.3) is 0 Å². The van der Waals surface area contributed by atoms with E-state index in [2.05, 4.69) is 15.3 Å². The monoisotopic (exact) mass is 231 g/mol. The number of nitrogens with zero attached hydrogens (tertiary/aromatic N) is 4. The maximum atomic E-state index is 11.6. The minimum Gasteiger partial charge on any atom is -0.357 e. The summed E-state index contributed by atoms with van der Waals surface area (Å²) in [6.07, 6.45) is 2.76. The highest BCUT2D eigenvalue weighted by molar-refractivity contribution is 6.06. The first-order valence-corrected chi connectivity index (χ1v) is 4.91. The number of amides is 2. The summed E-state index contributed by atoms with van der Waals surface area (Å²) in [7, 11) is 1.44. The van der Waals surface area contributed by atoms with Crippen molar-refractivity contribution in [3.63, 3.8) is 0 Å². The Balaban J connectivity index is 2.09. The SMILES string of the molecule is CN1C(=O)CC(Nc2cnc(C#N)cn2)C1=O. The zero-order valence-corrected chi connectivity index (χ0v) is 9.04. The quantitative estimate of drug-likeness (QED) is 0.690. The first-order chi connectivity index (χ1) is 8.11. The van der Waals surface area contributed by atoms with Gasteiger partial charge >= 0.3 is 0 Å². The van der Waals surface area contributed by atoms with E-state index in [1.807, 2.05) is 6.07 Å². The zero-order chi connectivity index (χ0) is 12.4. The number of hydrogen-bond donors (Lipinski definition) is 1. The lowest BCUT2D eigenvalue weighted by molar-refractivity contribution is -0.136. The van der Waals surface area contributed by atoms with Gasteiger partial charge in [-0.25, -0.2) is 9.97 Å². The van der Waals surface area contributed by atoms with Crippen LogP contribution in [0, 0.1) is 11.3 Å². The van der Waals surface area contributed by atoms with Crippen LogP contribution in [-0.2, 0) is 9.59 Å². The number of nitriles is 1. The van der Waals surface area contributed by atoms with Crippen LogP contribution >= 0.6 is 0 Å². The molecule has 2 heterocycles. The molecule has 1 aromatic rings. The smallest absolute Gasteiger partial charge is 0.251 e. The minimum absolute atomic E-state index is 0.108. The summed E-state index contributed by atoms with van der Waals surface area (Å²) in [4.78, 5) is 31.7. The van der Waals surface area contributed by atoms with Crippen molar-refractivity contribution in [2.75, 3.05) is 12.4 Å². The Hall–Kier alpha value is -2.49. The molecule has 1 aromatic heterocycles. The first kappa shape index (κ1) is 11.0. The molecule has 0 aromatic carbocycles. The highest BCUT2D eigenvalue weighted by Gasteiger charge is 2.36. The number of rotatable bonds is 2. The minimum atomic E-state index is -0.602. The lowest BCUT2D eigenvalue weighted by Crippen LogP contribution is -2.32. The number of imide groups is 1. The van der Waals surface area contributed by atoms with Crippen molar-refractivity contribution in [3.8, 4) is 6.07 Å². The number of aromatic nitrogens is 2. The summed E-state index contributed by atoms with van der Waals surface area (Å²) >= 11 is 0. The molecular formula is C10H9N5O2. The molecule has 86 valence electrons. The van der Waals surface area contributed by atoms with Gasteiger partial charge in [-0.15, -0.1) is 0 Å². The third kappa shape index (κ3) is 2.06. The second-order valence-corrected chi connectivity index (χ2v) is 3.59. The van der Waals surface area contributed by atoms with E-state index < -0.39 is 6.04 Å². The summed E-state index contributed by atoms with van der Waals surface area (Å²) in [5.74, 6) is -0.152. The average Bonchev–Trinajstić information content (AvgIpc) is 2.58. The van der Waals surface area contributed by atoms with Gasteiger partial charge in [-0.2, -0.15) is 5.26 Å². The lowest BCUT2D eigenvalue weighted by Gasteiger charge is -2.10. The van der Waals surface area contributed by atoms with E-state index >= 15 is 0 Å². The summed E-state index contributed by atoms with van der Waals surface area (Å²) in [5.41, 5.74) is 0.196. The molecule has 1 unspecified atom stereocenters. The van der Waals surface area contributed by atoms with E-state index in [0.717, 1.165) is 4.90 Å². The van der Waals surface area contributed by atoms with E-state index in [9.17, 15) is 9.59 Å². The van der Waals surface area contributed by atoms with Gasteiger partial charge in [-0.1, -0.05) is 0 Å². The molecule has 0 saturated carbocycles. The van der Waals surface area contributed by atoms with E-state index in [0.29, 0.717) is 5.82 Å². The Kier molecular flexibility index (Phi) is 2.70. The third-order valence-corrected chi connectivity index (χ3v) is 2.47. The number of nitrogens with one attached hydrogen (secondary N) is 1. The molecule has 0 aliphatic carbocycles. The van der Waals surface area contributed by atoms with E-state index in [4.69, 9.17) is 5.26 Å². The molecule has 1 fully saturated rings. The van der Waals surface area contributed by atoms with Crippen molar-refractivity contribution >= 4 is 17.6 Å². The standard InChI is InChI=1S/C10H9N5O2/c1-15-9(16)2-7(10(15)17)14-8-5-12-6(3-11)4-13-8/h4-5,7H,2H2,1H3,(H,13,14). The van der Waals surface area contributed by atoms with Gasteiger partial charge in [-0.3, -0.25) is 14.5 Å². The van der Waals surface area contributed by atoms with E-state index in [-0.39, 0.29) is 23.9 Å². The maximum Gasteiger partial charge on any atom is 0.251 e. The van der Waals surface area contributed by atoms with E-state index in [1.165, 1.54) is 19.4 Å². The normalized spacial score (nSPS) is 19.3. The number of carbonyl (C=O) groups is 2. The Morgan fingerprint density at radius 3 is 2.71 bits per heavy atom. The molecule has 1 atom stereocenters. The number of likely N-dealkylation sites (tertiary alicyclic amines) is 1. The molecule has 17 heavy (non-hydrogen) atoms. The second-order valence-electron chi connectivity index (χ2n) is 3.59. The lowest BCUT2D eigenvalue weighted by atomic mass is 10.2. The topological polar surface area (TPSA) is 99.0 Å². The van der Waals surface area contributed by atoms with Crippen molar-refractivity contribution in [1.82, 2.24) is 14.9 Å². The molecule has 1 saturated heterocycles. The van der Waals surface area contributed by atoms with Gasteiger partial charge in [0.2, 0.25) is 5.91 Å². The predicted octanol–water partition coefficient (Wildman–Crippen LogP) is -0.483. The van der Waals surface area contributed by atoms with Gasteiger partial charge < -0.3 is 5.32 Å². The Bertz CT molecular complexity index is 504. The van der Waals surface area contributed by atoms with Crippen molar-refractivity contribution in [2.45, 2.75) is 12.5 Å². The molecule has 7 heteroatoms. The molecule has 1 aliphatic rings. The number of anilines is 1. The second kappa shape index (κ2) is 4.17. The average molecular weight is 231 g/mol. The first-order valence-electron chi connectivity index (χ1n) is 4.91. The van der Waals surface area contributed by atoms with Crippen molar-refractivity contribution in [2.24, 2.45) is 0 Å². The van der Waals surface area contributed by atoms with Crippen LogP contribution in [0.4, 0.5) is 5.82 Å². The molecule has 7 nitrogen and oxygen atoms in total. The zero-order valence-electron chi connectivity index (χ0n) is 9.04. The summed E-state index contributed by atoms with van der Waals surface area (Å²) in [5, 5.41) is 11.4. The largest absolute Gasteiger partial charge is 0.357 e. The van der Waals surface area contributed by atoms with Crippen molar-refractivity contribution in [3.05, 3.63) is 18.1 Å². The molecule has 2 rings (SSSR count). The molecule has 1 aliphatic heterocycles. The van der Waals surface area contributed by atoms with Gasteiger partial charge in [0.25, 0.3) is 5.91 Å². The Morgan fingerprint density at radius 2 is 2.24 bits per heavy atom. The van der Waals surface area contributed by atoms with Gasteiger partial charge in [0.05, 0.1) is 18.8 Å². The van der Waals surface area contributed by atoms with Crippen LogP contribution in [-0.4, -0.2) is 39.8 Å². The summed E-state index contributed by atoms with van der Waals surface area (Å²) in [6.45, 7) is 0. The third-order valence-electron chi connectivity index (χ3n) is 2.47. The number of likely N-dealkylation sites (N-methyl/N-ethyl adjacent to an activating group) is 1. The van der Waals surface area contributed by atoms with Crippen LogP contribution in [0.5, 0.6) is 0 Å². The number of hydrogen-bond acceptors (Lipinski definition) is 6. The van der Waals surface area contributed by atoms with Crippen molar-refractivity contribution < 1.29 is 9.59 Å². The van der Waals surface area contributed by atoms with Gasteiger partial charge in [0, 0.05) is 7.05 Å². The van der Waals surface area contributed by atoms with Crippen LogP contribution in [0.3, 0.4) is 0 Å². The highest BCUT2D eigenvalue weighted by Crippen LogP contribution is 2.14. The molecule has 0 spiro atoms. The summed E-state index contributed by atoms with van der Waals surface area (Å²) in [6, 6.07) is 1.24. The fourth-order valence-corrected chi connectivity index (χ4v) is 1.51. The fourth-order valence-electron chi connectivity index (χ4n) is 1.51. The molecule has 0 radical (unpaired) electrons. The van der Waals surface area contributed by atoms with Crippen LogP contribution in [0.15, 0.2) is 12.4 Å². The predicted molar refractivity (Wildman–Crippen MR) is 56.6 cm³/mol. The van der Waals surface area contributed by atoms with Gasteiger partial charge in [0.15, 0.2) is 5.69 Å². The molecule has 2 amide bonds. The summed E-state index contributed by atoms with van der Waals surface area (Å²) < 4.78 is 0. The van der Waals surface area contributed by atoms with E-state index in [1.54, 1.807) is 0 Å². The van der Waals surface area contributed by atoms with Crippen LogP contribution in [0.2, 0.25) is 0 Å². The number of carbonyl (C=O) groups excluding carboxylic acids is 2. The van der Waals surface area contributed by atoms with Crippen LogP contribution < -0.4 is 5.32 Å². The molecular weight excluding hydrogens is 222 g/mol. The van der Waals surface area contributed by atoms with Gasteiger partial charge in [0.1, 0.15) is 17.9 Å². The van der Waals surface area contributed by atoms with Crippen LogP contribution in [0.1, 0.15) is 12.1 Å². The van der Waals surface area contributed by atoms with Gasteiger partial charge in [-0.05, 0) is 0 Å². The molecule has 1 N–H and O–H groups in total. The van der Waals surface area contributed by atoms with Crippen molar-refractivity contribution in [1.29, 1.82) is 5.26 Å². The Morgan fingerprint density at radius 1 is 1.47 bits per heavy atom. The fraction of sp³-hybridized carbons (Fsp3) is 0.300.